The normalized spacial score (nSPS) is 23.0. The monoisotopic (exact) mass is 429 g/mol. The van der Waals surface area contributed by atoms with Crippen LogP contribution in [0.4, 0.5) is 8.78 Å². The van der Waals surface area contributed by atoms with Crippen molar-refractivity contribution in [3.63, 3.8) is 0 Å². The molecule has 0 radical (unpaired) electrons. The molecule has 1 fully saturated rings. The number of aliphatic hydroxyl groups is 1. The van der Waals surface area contributed by atoms with Gasteiger partial charge in [0.25, 0.3) is 0 Å². The summed E-state index contributed by atoms with van der Waals surface area (Å²) in [5.41, 5.74) is 3.13. The van der Waals surface area contributed by atoms with E-state index in [1.165, 1.54) is 29.7 Å². The van der Waals surface area contributed by atoms with Crippen molar-refractivity contribution in [3.8, 4) is 0 Å². The molecule has 0 spiro atoms. The van der Waals surface area contributed by atoms with E-state index in [2.05, 4.69) is 57.3 Å². The van der Waals surface area contributed by atoms with Gasteiger partial charge in [-0.15, -0.1) is 0 Å². The molecule has 2 nitrogen and oxygen atoms in total. The summed E-state index contributed by atoms with van der Waals surface area (Å²) < 4.78 is 26.8. The second kappa shape index (κ2) is 9.79. The molecule has 0 aromatic heterocycles. The number of aliphatic hydroxyl groups excluding tert-OH is 1. The smallest absolute Gasteiger partial charge is 0.126 e. The van der Waals surface area contributed by atoms with Crippen molar-refractivity contribution in [1.29, 1.82) is 0 Å². The van der Waals surface area contributed by atoms with Gasteiger partial charge in [-0.1, -0.05) is 64.8 Å². The minimum absolute atomic E-state index is 0.0806. The number of halogens is 2. The van der Waals surface area contributed by atoms with Gasteiger partial charge in [0.05, 0.1) is 6.10 Å². The Hall–Kier alpha value is -1.78. The van der Waals surface area contributed by atoms with Gasteiger partial charge >= 0.3 is 0 Å². The molecule has 0 saturated heterocycles. The summed E-state index contributed by atoms with van der Waals surface area (Å²) in [7, 11) is 0. The quantitative estimate of drug-likeness (QED) is 0.545. The highest BCUT2D eigenvalue weighted by atomic mass is 19.1. The number of rotatable bonds is 7. The van der Waals surface area contributed by atoms with Gasteiger partial charge in [-0.25, -0.2) is 8.78 Å². The molecule has 1 saturated carbocycles. The summed E-state index contributed by atoms with van der Waals surface area (Å²) in [6.07, 6.45) is 4.81. The first kappa shape index (κ1) is 23.9. The maximum atomic E-state index is 13.4. The minimum Gasteiger partial charge on any atom is -0.392 e. The molecule has 0 aliphatic heterocycles. The summed E-state index contributed by atoms with van der Waals surface area (Å²) in [6.45, 7) is 9.46. The highest BCUT2D eigenvalue weighted by Gasteiger charge is 2.37. The van der Waals surface area contributed by atoms with E-state index >= 15 is 0 Å². The molecule has 2 unspecified atom stereocenters. The van der Waals surface area contributed by atoms with E-state index in [1.54, 1.807) is 0 Å². The van der Waals surface area contributed by atoms with E-state index in [9.17, 15) is 13.9 Å². The second-order valence-electron chi connectivity index (χ2n) is 10.5. The van der Waals surface area contributed by atoms with E-state index < -0.39 is 17.7 Å². The van der Waals surface area contributed by atoms with Crippen LogP contribution < -0.4 is 5.32 Å². The van der Waals surface area contributed by atoms with E-state index in [0.29, 0.717) is 30.9 Å². The van der Waals surface area contributed by atoms with Crippen molar-refractivity contribution < 1.29 is 13.9 Å². The van der Waals surface area contributed by atoms with E-state index in [1.807, 2.05) is 0 Å². The Morgan fingerprint density at radius 1 is 1.13 bits per heavy atom. The third kappa shape index (κ3) is 6.36. The Kier molecular flexibility index (Phi) is 7.54. The molecule has 170 valence electrons. The van der Waals surface area contributed by atoms with Crippen LogP contribution in [0.2, 0.25) is 0 Å². The van der Waals surface area contributed by atoms with Crippen molar-refractivity contribution >= 4 is 0 Å². The molecular weight excluding hydrogens is 392 g/mol. The maximum Gasteiger partial charge on any atom is 0.126 e. The molecule has 0 bridgehead atoms. The van der Waals surface area contributed by atoms with Gasteiger partial charge in [-0.05, 0) is 65.8 Å². The topological polar surface area (TPSA) is 32.3 Å². The van der Waals surface area contributed by atoms with Crippen molar-refractivity contribution in [1.82, 2.24) is 5.32 Å². The number of hydrogen-bond acceptors (Lipinski definition) is 2. The number of benzene rings is 2. The molecular formula is C27H37F2NO. The first-order chi connectivity index (χ1) is 14.6. The fourth-order valence-electron chi connectivity index (χ4n) is 4.86. The summed E-state index contributed by atoms with van der Waals surface area (Å²) in [4.78, 5) is 0. The molecule has 0 amide bonds. The molecule has 1 aliphatic carbocycles. The lowest BCUT2D eigenvalue weighted by Crippen LogP contribution is -2.48. The molecule has 31 heavy (non-hydrogen) atoms. The summed E-state index contributed by atoms with van der Waals surface area (Å²) in [5.74, 6) is -0.528. The zero-order chi connectivity index (χ0) is 22.6. The highest BCUT2D eigenvalue weighted by molar-refractivity contribution is 5.34. The third-order valence-corrected chi connectivity index (χ3v) is 6.64. The Labute approximate surface area is 186 Å². The van der Waals surface area contributed by atoms with Crippen molar-refractivity contribution in [3.05, 3.63) is 70.8 Å². The number of nitrogens with one attached hydrogen (secondary N) is 1. The van der Waals surface area contributed by atoms with Gasteiger partial charge in [-0.2, -0.15) is 0 Å². The van der Waals surface area contributed by atoms with Crippen LogP contribution in [0, 0.1) is 17.6 Å². The Morgan fingerprint density at radius 3 is 2.48 bits per heavy atom. The highest BCUT2D eigenvalue weighted by Crippen LogP contribution is 2.41. The van der Waals surface area contributed by atoms with Crippen LogP contribution in [-0.2, 0) is 17.4 Å². The average Bonchev–Trinajstić information content (AvgIpc) is 2.69. The maximum absolute atomic E-state index is 13.4. The lowest BCUT2D eigenvalue weighted by Gasteiger charge is -2.42. The van der Waals surface area contributed by atoms with Crippen molar-refractivity contribution in [2.24, 2.45) is 5.92 Å². The predicted molar refractivity (Wildman–Crippen MR) is 123 cm³/mol. The van der Waals surface area contributed by atoms with Crippen molar-refractivity contribution in [2.75, 3.05) is 6.54 Å². The lowest BCUT2D eigenvalue weighted by molar-refractivity contribution is 0.121. The van der Waals surface area contributed by atoms with E-state index in [-0.39, 0.29) is 11.0 Å². The first-order valence-corrected chi connectivity index (χ1v) is 11.6. The molecule has 3 rings (SSSR count). The second-order valence-corrected chi connectivity index (χ2v) is 10.5. The fourth-order valence-corrected chi connectivity index (χ4v) is 4.86. The van der Waals surface area contributed by atoms with Crippen LogP contribution in [0.1, 0.15) is 76.5 Å². The minimum atomic E-state index is -0.578. The summed E-state index contributed by atoms with van der Waals surface area (Å²) in [6, 6.07) is 12.4. The van der Waals surface area contributed by atoms with Crippen LogP contribution in [0.5, 0.6) is 0 Å². The number of hydrogen-bond donors (Lipinski definition) is 2. The molecule has 1 aliphatic rings. The fraction of sp³-hybridized carbons (Fsp3) is 0.556. The molecule has 3 atom stereocenters. The van der Waals surface area contributed by atoms with Gasteiger partial charge < -0.3 is 10.4 Å². The number of aryl methyl sites for hydroxylation is 1. The van der Waals surface area contributed by atoms with Crippen LogP contribution >= 0.6 is 0 Å². The molecule has 0 heterocycles. The van der Waals surface area contributed by atoms with Gasteiger partial charge in [0, 0.05) is 18.2 Å². The Balaban J connectivity index is 1.71. The molecule has 2 aromatic rings. The lowest BCUT2D eigenvalue weighted by atomic mass is 9.71. The van der Waals surface area contributed by atoms with E-state index in [4.69, 9.17) is 0 Å². The third-order valence-electron chi connectivity index (χ3n) is 6.64. The summed E-state index contributed by atoms with van der Waals surface area (Å²) >= 11 is 0. The Morgan fingerprint density at radius 2 is 1.84 bits per heavy atom. The first-order valence-electron chi connectivity index (χ1n) is 11.6. The van der Waals surface area contributed by atoms with Crippen LogP contribution in [0.25, 0.3) is 0 Å². The Bertz CT molecular complexity index is 856. The van der Waals surface area contributed by atoms with Crippen molar-refractivity contribution in [2.45, 2.75) is 83.3 Å². The predicted octanol–water partition coefficient (Wildman–Crippen LogP) is 6.25. The van der Waals surface area contributed by atoms with Gasteiger partial charge in [-0.3, -0.25) is 0 Å². The molecule has 2 N–H and O–H groups in total. The van der Waals surface area contributed by atoms with Gasteiger partial charge in [0.1, 0.15) is 11.6 Å². The summed E-state index contributed by atoms with van der Waals surface area (Å²) in [5, 5.41) is 14.4. The van der Waals surface area contributed by atoms with Crippen LogP contribution in [0.15, 0.2) is 42.5 Å². The largest absolute Gasteiger partial charge is 0.392 e. The standard InChI is InChI=1S/C27H37F2NO/c1-19-7-6-12-27(17-19,22-9-5-8-21(15-22)26(2,3)4)30-18-25(31)11-10-20-13-23(28)16-24(29)14-20/h5,8-9,13-16,19,25,30-31H,6-7,10-12,17-18H2,1-4H3/t19?,25-,27?/m0/s1. The van der Waals surface area contributed by atoms with Gasteiger partial charge in [0.15, 0.2) is 0 Å². The average molecular weight is 430 g/mol. The van der Waals surface area contributed by atoms with Crippen LogP contribution in [-0.4, -0.2) is 17.8 Å². The molecule has 2 aromatic carbocycles. The SMILES string of the molecule is CC1CCCC(NC[C@@H](O)CCc2cc(F)cc(F)c2)(c2cccc(C(C)(C)C)c2)C1. The zero-order valence-electron chi connectivity index (χ0n) is 19.3. The van der Waals surface area contributed by atoms with E-state index in [0.717, 1.165) is 25.3 Å². The zero-order valence-corrected chi connectivity index (χ0v) is 19.3. The van der Waals surface area contributed by atoms with Crippen LogP contribution in [0.3, 0.4) is 0 Å². The van der Waals surface area contributed by atoms with Gasteiger partial charge in [0.2, 0.25) is 0 Å². The molecule has 4 heteroatoms.